The number of carbonyl (C=O) groups excluding carboxylic acids is 2. The molecule has 2 aromatic rings. The molecule has 0 aliphatic carbocycles. The summed E-state index contributed by atoms with van der Waals surface area (Å²) in [5.74, 6) is 0.378. The zero-order valence-corrected chi connectivity index (χ0v) is 15.0. The molecule has 1 N–H and O–H groups in total. The van der Waals surface area contributed by atoms with E-state index in [0.717, 1.165) is 11.3 Å². The molecule has 2 amide bonds. The lowest BCUT2D eigenvalue weighted by Gasteiger charge is -2.16. The van der Waals surface area contributed by atoms with E-state index in [9.17, 15) is 9.59 Å². The predicted octanol–water partition coefficient (Wildman–Crippen LogP) is 2.87. The molecule has 132 valence electrons. The van der Waals surface area contributed by atoms with Crippen LogP contribution in [0.1, 0.15) is 34.4 Å². The van der Waals surface area contributed by atoms with Gasteiger partial charge < -0.3 is 14.6 Å². The number of aryl methyl sites for hydroxylation is 3. The molecule has 1 atom stereocenters. The van der Waals surface area contributed by atoms with Crippen molar-refractivity contribution in [3.63, 3.8) is 0 Å². The average molecular weight is 340 g/mol. The Bertz CT molecular complexity index is 757. The lowest BCUT2D eigenvalue weighted by atomic mass is 9.99. The number of rotatable bonds is 5. The third kappa shape index (κ3) is 3.92. The number of amides is 2. The highest BCUT2D eigenvalue weighted by Crippen LogP contribution is 2.21. The number of nitrogens with zero attached hydrogens (tertiary/aromatic N) is 1. The van der Waals surface area contributed by atoms with Crippen molar-refractivity contribution in [1.82, 2.24) is 10.2 Å². The van der Waals surface area contributed by atoms with Gasteiger partial charge in [-0.15, -0.1) is 0 Å². The van der Waals surface area contributed by atoms with Crippen LogP contribution in [0.2, 0.25) is 0 Å². The molecular formula is C20H24N2O3. The van der Waals surface area contributed by atoms with Crippen LogP contribution in [0.25, 0.3) is 0 Å². The van der Waals surface area contributed by atoms with Crippen LogP contribution in [0.4, 0.5) is 0 Å². The smallest absolute Gasteiger partial charge is 0.225 e. The molecule has 1 fully saturated rings. The topological polar surface area (TPSA) is 62.6 Å². The molecule has 3 rings (SSSR count). The summed E-state index contributed by atoms with van der Waals surface area (Å²) in [6.07, 6.45) is 1.85. The lowest BCUT2D eigenvalue weighted by molar-refractivity contribution is -0.129. The minimum atomic E-state index is -0.298. The normalized spacial score (nSPS) is 17.2. The van der Waals surface area contributed by atoms with Crippen molar-refractivity contribution < 1.29 is 14.0 Å². The molecule has 1 aromatic heterocycles. The molecule has 5 nitrogen and oxygen atoms in total. The summed E-state index contributed by atoms with van der Waals surface area (Å²) in [6, 6.07) is 7.88. The highest BCUT2D eigenvalue weighted by molar-refractivity contribution is 5.89. The zero-order chi connectivity index (χ0) is 18.0. The van der Waals surface area contributed by atoms with Crippen molar-refractivity contribution in [3.8, 4) is 0 Å². The number of nitrogens with one attached hydrogen (secondary N) is 1. The van der Waals surface area contributed by atoms with Gasteiger partial charge in [-0.1, -0.05) is 17.7 Å². The Morgan fingerprint density at radius 2 is 2.00 bits per heavy atom. The van der Waals surface area contributed by atoms with Gasteiger partial charge in [0.15, 0.2) is 0 Å². The first-order valence-corrected chi connectivity index (χ1v) is 8.58. The van der Waals surface area contributed by atoms with Gasteiger partial charge in [-0.2, -0.15) is 0 Å². The molecule has 0 bridgehead atoms. The summed E-state index contributed by atoms with van der Waals surface area (Å²) in [5, 5.41) is 3.00. The predicted molar refractivity (Wildman–Crippen MR) is 94.7 cm³/mol. The second-order valence-electron chi connectivity index (χ2n) is 6.85. The van der Waals surface area contributed by atoms with Gasteiger partial charge in [0.05, 0.1) is 18.7 Å². The van der Waals surface area contributed by atoms with E-state index in [-0.39, 0.29) is 24.2 Å². The van der Waals surface area contributed by atoms with Crippen molar-refractivity contribution in [2.75, 3.05) is 6.54 Å². The summed E-state index contributed by atoms with van der Waals surface area (Å²) in [5.41, 5.74) is 4.73. The second-order valence-corrected chi connectivity index (χ2v) is 6.85. The van der Waals surface area contributed by atoms with E-state index >= 15 is 0 Å². The molecule has 2 heterocycles. The fraction of sp³-hybridized carbons (Fsp3) is 0.400. The first kappa shape index (κ1) is 17.3. The summed E-state index contributed by atoms with van der Waals surface area (Å²) < 4.78 is 5.29. The van der Waals surface area contributed by atoms with Gasteiger partial charge in [0.25, 0.3) is 0 Å². The summed E-state index contributed by atoms with van der Waals surface area (Å²) >= 11 is 0. The van der Waals surface area contributed by atoms with Crippen LogP contribution in [0, 0.1) is 26.7 Å². The van der Waals surface area contributed by atoms with Gasteiger partial charge in [0.2, 0.25) is 11.8 Å². The fourth-order valence-electron chi connectivity index (χ4n) is 3.50. The first-order chi connectivity index (χ1) is 11.9. The molecule has 0 saturated carbocycles. The largest absolute Gasteiger partial charge is 0.467 e. The van der Waals surface area contributed by atoms with Gasteiger partial charge in [-0.3, -0.25) is 9.59 Å². The Morgan fingerprint density at radius 1 is 1.28 bits per heavy atom. The third-order valence-corrected chi connectivity index (χ3v) is 4.79. The molecule has 1 aliphatic heterocycles. The maximum absolute atomic E-state index is 12.5. The molecule has 1 aliphatic rings. The number of likely N-dealkylation sites (tertiary alicyclic amines) is 1. The van der Waals surface area contributed by atoms with E-state index in [4.69, 9.17) is 4.42 Å². The van der Waals surface area contributed by atoms with E-state index in [1.165, 1.54) is 16.7 Å². The quantitative estimate of drug-likeness (QED) is 0.910. The third-order valence-electron chi connectivity index (χ3n) is 4.79. The Morgan fingerprint density at radius 3 is 2.64 bits per heavy atom. The number of benzene rings is 1. The minimum Gasteiger partial charge on any atom is -0.467 e. The van der Waals surface area contributed by atoms with E-state index < -0.39 is 0 Å². The van der Waals surface area contributed by atoms with E-state index in [1.54, 1.807) is 17.2 Å². The maximum atomic E-state index is 12.5. The summed E-state index contributed by atoms with van der Waals surface area (Å²) in [4.78, 5) is 26.3. The van der Waals surface area contributed by atoms with Crippen molar-refractivity contribution in [2.45, 2.75) is 40.3 Å². The fourth-order valence-corrected chi connectivity index (χ4v) is 3.50. The van der Waals surface area contributed by atoms with Crippen LogP contribution >= 0.6 is 0 Å². The Hall–Kier alpha value is -2.56. The number of furan rings is 1. The average Bonchev–Trinajstić information content (AvgIpc) is 3.17. The van der Waals surface area contributed by atoms with Crippen molar-refractivity contribution in [1.29, 1.82) is 0 Å². The van der Waals surface area contributed by atoms with E-state index in [0.29, 0.717) is 19.6 Å². The summed E-state index contributed by atoms with van der Waals surface area (Å²) in [6.45, 7) is 7.56. The Kier molecular flexibility index (Phi) is 4.93. The molecule has 0 radical (unpaired) electrons. The molecule has 0 spiro atoms. The Balaban J connectivity index is 1.58. The SMILES string of the molecule is Cc1cc(C)c(CNC(=O)C2CC(=O)N(Cc3ccco3)C2)c(C)c1. The molecule has 5 heteroatoms. The Labute approximate surface area is 148 Å². The van der Waals surface area contributed by atoms with Crippen LogP contribution in [-0.2, 0) is 22.7 Å². The molecule has 1 saturated heterocycles. The van der Waals surface area contributed by atoms with Crippen molar-refractivity contribution in [2.24, 2.45) is 5.92 Å². The van der Waals surface area contributed by atoms with Gasteiger partial charge in [-0.05, 0) is 49.6 Å². The standard InChI is InChI=1S/C20H24N2O3/c1-13-7-14(2)18(15(3)8-13)10-21-20(24)16-9-19(23)22(11-16)12-17-5-4-6-25-17/h4-8,16H,9-12H2,1-3H3,(H,21,24). The van der Waals surface area contributed by atoms with Gasteiger partial charge >= 0.3 is 0 Å². The van der Waals surface area contributed by atoms with Crippen molar-refractivity contribution >= 4 is 11.8 Å². The lowest BCUT2D eigenvalue weighted by Crippen LogP contribution is -2.32. The van der Waals surface area contributed by atoms with Gasteiger partial charge in [0.1, 0.15) is 5.76 Å². The minimum absolute atomic E-state index is 0.000697. The van der Waals surface area contributed by atoms with Crippen LogP contribution in [-0.4, -0.2) is 23.3 Å². The molecular weight excluding hydrogens is 316 g/mol. The molecule has 25 heavy (non-hydrogen) atoms. The summed E-state index contributed by atoms with van der Waals surface area (Å²) in [7, 11) is 0. The van der Waals surface area contributed by atoms with E-state index in [2.05, 4.69) is 38.2 Å². The first-order valence-electron chi connectivity index (χ1n) is 8.58. The highest BCUT2D eigenvalue weighted by atomic mass is 16.3. The van der Waals surface area contributed by atoms with Crippen LogP contribution in [0.15, 0.2) is 34.9 Å². The highest BCUT2D eigenvalue weighted by Gasteiger charge is 2.34. The molecule has 1 aromatic carbocycles. The zero-order valence-electron chi connectivity index (χ0n) is 15.0. The van der Waals surface area contributed by atoms with Gasteiger partial charge in [0, 0.05) is 19.5 Å². The van der Waals surface area contributed by atoms with Crippen molar-refractivity contribution in [3.05, 3.63) is 58.5 Å². The van der Waals surface area contributed by atoms with Gasteiger partial charge in [-0.25, -0.2) is 0 Å². The maximum Gasteiger partial charge on any atom is 0.225 e. The molecule has 1 unspecified atom stereocenters. The van der Waals surface area contributed by atoms with E-state index in [1.807, 2.05) is 6.07 Å². The monoisotopic (exact) mass is 340 g/mol. The number of hydrogen-bond acceptors (Lipinski definition) is 3. The number of carbonyl (C=O) groups is 2. The number of hydrogen-bond donors (Lipinski definition) is 1. The van der Waals surface area contributed by atoms with Crippen LogP contribution < -0.4 is 5.32 Å². The van der Waals surface area contributed by atoms with Crippen LogP contribution in [0.3, 0.4) is 0 Å². The second kappa shape index (κ2) is 7.13. The van der Waals surface area contributed by atoms with Crippen LogP contribution in [0.5, 0.6) is 0 Å².